The number of hydrogen-bond donors (Lipinski definition) is 0. The quantitative estimate of drug-likeness (QED) is 0.447. The summed E-state index contributed by atoms with van der Waals surface area (Å²) >= 11 is 1.21. The average molecular weight is 451 g/mol. The highest BCUT2D eigenvalue weighted by atomic mass is 32.2. The maximum Gasteiger partial charge on any atom is 0.283 e. The number of para-hydroxylation sites is 1. The summed E-state index contributed by atoms with van der Waals surface area (Å²) in [6, 6.07) is 14.3. The van der Waals surface area contributed by atoms with E-state index in [1.807, 2.05) is 37.3 Å². The van der Waals surface area contributed by atoms with Gasteiger partial charge >= 0.3 is 0 Å². The maximum atomic E-state index is 13.0. The zero-order valence-corrected chi connectivity index (χ0v) is 18.4. The van der Waals surface area contributed by atoms with Gasteiger partial charge in [-0.05, 0) is 37.3 Å². The molecule has 0 fully saturated rings. The number of thiazole rings is 1. The summed E-state index contributed by atoms with van der Waals surface area (Å²) in [6.07, 6.45) is 8.16. The molecule has 0 N–H and O–H groups in total. The van der Waals surface area contributed by atoms with Gasteiger partial charge in [0.1, 0.15) is 0 Å². The van der Waals surface area contributed by atoms with Gasteiger partial charge in [0, 0.05) is 6.26 Å². The first-order valence-corrected chi connectivity index (χ1v) is 12.0. The van der Waals surface area contributed by atoms with E-state index in [1.165, 1.54) is 23.6 Å². The number of hydrogen-bond acceptors (Lipinski definition) is 5. The van der Waals surface area contributed by atoms with Gasteiger partial charge in [-0.25, -0.2) is 13.1 Å². The zero-order valence-electron chi connectivity index (χ0n) is 16.8. The molecule has 0 spiro atoms. The molecule has 4 rings (SSSR count). The molecular formula is C22H18N4O3S2. The van der Waals surface area contributed by atoms with Crippen LogP contribution >= 0.6 is 11.3 Å². The second-order valence-corrected chi connectivity index (χ2v) is 9.91. The normalized spacial score (nSPS) is 12.2. The fourth-order valence-electron chi connectivity index (χ4n) is 3.21. The highest BCUT2D eigenvalue weighted by Gasteiger charge is 2.16. The summed E-state index contributed by atoms with van der Waals surface area (Å²) in [4.78, 5) is 17.9. The fourth-order valence-corrected chi connectivity index (χ4v) is 5.00. The van der Waals surface area contributed by atoms with Crippen molar-refractivity contribution in [3.8, 4) is 18.0 Å². The number of carbonyl (C=O) groups is 1. The van der Waals surface area contributed by atoms with Crippen molar-refractivity contribution in [2.75, 3.05) is 6.26 Å². The molecule has 156 valence electrons. The number of amides is 1. The number of nitrogens with zero attached hydrogens (tertiary/aromatic N) is 4. The van der Waals surface area contributed by atoms with Gasteiger partial charge in [-0.15, -0.1) is 6.42 Å². The van der Waals surface area contributed by atoms with E-state index in [-0.39, 0.29) is 11.4 Å². The lowest BCUT2D eigenvalue weighted by atomic mass is 10.2. The summed E-state index contributed by atoms with van der Waals surface area (Å²) < 4.78 is 27.9. The third kappa shape index (κ3) is 3.95. The largest absolute Gasteiger partial charge is 0.305 e. The van der Waals surface area contributed by atoms with Gasteiger partial charge in [0.2, 0.25) is 0 Å². The van der Waals surface area contributed by atoms with Crippen molar-refractivity contribution in [3.63, 3.8) is 0 Å². The number of rotatable bonds is 4. The number of sulfone groups is 1. The molecule has 0 bridgehead atoms. The lowest BCUT2D eigenvalue weighted by molar-refractivity contribution is 0.0997. The Morgan fingerprint density at radius 1 is 1.23 bits per heavy atom. The van der Waals surface area contributed by atoms with Crippen molar-refractivity contribution >= 4 is 37.3 Å². The van der Waals surface area contributed by atoms with Gasteiger partial charge in [0.05, 0.1) is 44.8 Å². The molecule has 0 aliphatic heterocycles. The van der Waals surface area contributed by atoms with Crippen LogP contribution in [0.2, 0.25) is 0 Å². The lowest BCUT2D eigenvalue weighted by Gasteiger charge is -2.04. The molecule has 0 aliphatic rings. The van der Waals surface area contributed by atoms with E-state index in [2.05, 4.69) is 16.0 Å². The second-order valence-electron chi connectivity index (χ2n) is 6.88. The van der Waals surface area contributed by atoms with E-state index in [0.717, 1.165) is 17.5 Å². The Morgan fingerprint density at radius 2 is 1.97 bits per heavy atom. The third-order valence-electron chi connectivity index (χ3n) is 4.77. The van der Waals surface area contributed by atoms with Gasteiger partial charge in [0.15, 0.2) is 14.6 Å². The van der Waals surface area contributed by atoms with E-state index >= 15 is 0 Å². The van der Waals surface area contributed by atoms with Crippen molar-refractivity contribution in [1.82, 2.24) is 14.3 Å². The Labute approximate surface area is 183 Å². The highest BCUT2D eigenvalue weighted by molar-refractivity contribution is 7.90. The number of carbonyl (C=O) groups excluding carboxylic acids is 1. The van der Waals surface area contributed by atoms with E-state index in [9.17, 15) is 13.2 Å². The van der Waals surface area contributed by atoms with Crippen LogP contribution < -0.4 is 4.80 Å². The second kappa shape index (κ2) is 7.98. The standard InChI is InChI=1S/C22H18N4O3S2/c1-4-12-25-19-11-10-17(31(3,28)29)13-20(19)30-22(25)24-21(27)18-14-23-26(15(18)2)16-8-6-5-7-9-16/h1,5-11,13-14H,12H2,2-3H3. The van der Waals surface area contributed by atoms with Crippen molar-refractivity contribution in [2.45, 2.75) is 18.4 Å². The van der Waals surface area contributed by atoms with E-state index in [0.29, 0.717) is 20.8 Å². The number of fused-ring (bicyclic) bond motifs is 1. The minimum Gasteiger partial charge on any atom is -0.305 e. The van der Waals surface area contributed by atoms with Gasteiger partial charge < -0.3 is 4.57 Å². The zero-order chi connectivity index (χ0) is 22.2. The molecule has 2 aromatic carbocycles. The van der Waals surface area contributed by atoms with Gasteiger partial charge in [0.25, 0.3) is 5.91 Å². The van der Waals surface area contributed by atoms with Crippen molar-refractivity contribution in [2.24, 2.45) is 4.99 Å². The molecule has 0 unspecified atom stereocenters. The predicted octanol–water partition coefficient (Wildman–Crippen LogP) is 2.97. The van der Waals surface area contributed by atoms with Crippen LogP contribution in [-0.4, -0.2) is 34.9 Å². The monoisotopic (exact) mass is 450 g/mol. The van der Waals surface area contributed by atoms with Crippen molar-refractivity contribution in [1.29, 1.82) is 0 Å². The number of benzene rings is 2. The summed E-state index contributed by atoms with van der Waals surface area (Å²) in [5, 5.41) is 4.32. The van der Waals surface area contributed by atoms with E-state index in [4.69, 9.17) is 6.42 Å². The number of terminal acetylenes is 1. The van der Waals surface area contributed by atoms with Crippen LogP contribution in [0.1, 0.15) is 16.1 Å². The summed E-state index contributed by atoms with van der Waals surface area (Å²) in [7, 11) is -3.36. The van der Waals surface area contributed by atoms with Gasteiger partial charge in [-0.2, -0.15) is 10.1 Å². The molecule has 0 radical (unpaired) electrons. The molecule has 4 aromatic rings. The molecule has 0 aliphatic carbocycles. The highest BCUT2D eigenvalue weighted by Crippen LogP contribution is 2.22. The molecule has 1 amide bonds. The molecule has 0 atom stereocenters. The summed E-state index contributed by atoms with van der Waals surface area (Å²) in [6.45, 7) is 2.01. The van der Waals surface area contributed by atoms with Crippen LogP contribution in [0.5, 0.6) is 0 Å². The van der Waals surface area contributed by atoms with Crippen LogP contribution in [0, 0.1) is 19.3 Å². The first-order valence-electron chi connectivity index (χ1n) is 9.25. The Balaban J connectivity index is 1.82. The Kier molecular flexibility index (Phi) is 5.35. The van der Waals surface area contributed by atoms with E-state index in [1.54, 1.807) is 21.4 Å². The van der Waals surface area contributed by atoms with Crippen LogP contribution in [-0.2, 0) is 16.4 Å². The minimum atomic E-state index is -3.36. The maximum absolute atomic E-state index is 13.0. The van der Waals surface area contributed by atoms with Crippen LogP contribution in [0.3, 0.4) is 0 Å². The number of aromatic nitrogens is 3. The van der Waals surface area contributed by atoms with Crippen molar-refractivity contribution in [3.05, 3.63) is 70.8 Å². The van der Waals surface area contributed by atoms with Crippen molar-refractivity contribution < 1.29 is 13.2 Å². The minimum absolute atomic E-state index is 0.201. The molecular weight excluding hydrogens is 432 g/mol. The lowest BCUT2D eigenvalue weighted by Crippen LogP contribution is -2.16. The Hall–Kier alpha value is -3.48. The molecule has 0 saturated heterocycles. The third-order valence-corrected chi connectivity index (χ3v) is 6.92. The van der Waals surface area contributed by atoms with Crippen LogP contribution in [0.25, 0.3) is 15.9 Å². The van der Waals surface area contributed by atoms with Gasteiger partial charge in [-0.3, -0.25) is 4.79 Å². The molecule has 7 nitrogen and oxygen atoms in total. The fraction of sp³-hybridized carbons (Fsp3) is 0.136. The molecule has 2 aromatic heterocycles. The first-order chi connectivity index (χ1) is 14.8. The molecule has 9 heteroatoms. The SMILES string of the molecule is C#CCn1c(=NC(=O)c2cnn(-c3ccccc3)c2C)sc2cc(S(C)(=O)=O)ccc21. The van der Waals surface area contributed by atoms with E-state index < -0.39 is 15.7 Å². The smallest absolute Gasteiger partial charge is 0.283 e. The Morgan fingerprint density at radius 3 is 2.65 bits per heavy atom. The summed E-state index contributed by atoms with van der Waals surface area (Å²) in [5.41, 5.74) is 2.62. The predicted molar refractivity (Wildman–Crippen MR) is 120 cm³/mol. The van der Waals surface area contributed by atoms with Gasteiger partial charge in [-0.1, -0.05) is 35.5 Å². The molecule has 2 heterocycles. The molecule has 0 saturated carbocycles. The Bertz CT molecular complexity index is 1520. The van der Waals surface area contributed by atoms with Crippen LogP contribution in [0.15, 0.2) is 64.6 Å². The van der Waals surface area contributed by atoms with Crippen LogP contribution in [0.4, 0.5) is 0 Å². The molecule has 31 heavy (non-hydrogen) atoms. The average Bonchev–Trinajstić information content (AvgIpc) is 3.28. The first kappa shape index (κ1) is 20.8. The summed E-state index contributed by atoms with van der Waals surface area (Å²) in [5.74, 6) is 2.12. The topological polar surface area (TPSA) is 86.3 Å².